The van der Waals surface area contributed by atoms with Gasteiger partial charge in [0.05, 0.1) is 36.7 Å². The standard InChI is InChI=1S/C17H19N3O5S/c1-19-16-12-4-3-11(24-2)9-14(12)26(22,23)10-13(16)15(18-19)17(21)20-5-7-25-8-6-20/h3-4,9H,5-8,10H2,1-2H3. The molecule has 26 heavy (non-hydrogen) atoms. The van der Waals surface area contributed by atoms with Crippen molar-refractivity contribution in [2.75, 3.05) is 33.4 Å². The van der Waals surface area contributed by atoms with E-state index in [0.29, 0.717) is 48.9 Å². The van der Waals surface area contributed by atoms with Crippen LogP contribution in [0.15, 0.2) is 23.1 Å². The number of carbonyl (C=O) groups is 1. The summed E-state index contributed by atoms with van der Waals surface area (Å²) < 4.78 is 37.7. The highest BCUT2D eigenvalue weighted by molar-refractivity contribution is 7.90. The highest BCUT2D eigenvalue weighted by Gasteiger charge is 2.36. The van der Waals surface area contributed by atoms with Gasteiger partial charge in [-0.1, -0.05) is 0 Å². The first-order valence-electron chi connectivity index (χ1n) is 8.26. The van der Waals surface area contributed by atoms with Crippen LogP contribution in [0.25, 0.3) is 11.3 Å². The highest BCUT2D eigenvalue weighted by Crippen LogP contribution is 2.40. The van der Waals surface area contributed by atoms with Gasteiger partial charge in [0.1, 0.15) is 5.75 Å². The molecule has 0 bridgehead atoms. The summed E-state index contributed by atoms with van der Waals surface area (Å²) in [6.45, 7) is 1.90. The molecule has 1 fully saturated rings. The highest BCUT2D eigenvalue weighted by atomic mass is 32.2. The van der Waals surface area contributed by atoms with Crippen LogP contribution in [0, 0.1) is 0 Å². The summed E-state index contributed by atoms with van der Waals surface area (Å²) in [7, 11) is -0.375. The molecule has 9 heteroatoms. The molecule has 2 aliphatic heterocycles. The Labute approximate surface area is 151 Å². The zero-order valence-corrected chi connectivity index (χ0v) is 15.4. The third-order valence-corrected chi connectivity index (χ3v) is 6.44. The van der Waals surface area contributed by atoms with Gasteiger partial charge in [-0.15, -0.1) is 0 Å². The minimum absolute atomic E-state index is 0.203. The first kappa shape index (κ1) is 17.0. The van der Waals surface area contributed by atoms with Gasteiger partial charge in [-0.25, -0.2) is 8.42 Å². The van der Waals surface area contributed by atoms with Crippen molar-refractivity contribution in [3.05, 3.63) is 29.5 Å². The number of methoxy groups -OCH3 is 1. The Balaban J connectivity index is 1.86. The van der Waals surface area contributed by atoms with Crippen molar-refractivity contribution in [1.29, 1.82) is 0 Å². The van der Waals surface area contributed by atoms with Gasteiger partial charge >= 0.3 is 0 Å². The number of sulfone groups is 1. The number of aryl methyl sites for hydroxylation is 1. The molecule has 1 aromatic carbocycles. The molecule has 0 atom stereocenters. The molecule has 1 saturated heterocycles. The first-order valence-corrected chi connectivity index (χ1v) is 9.91. The van der Waals surface area contributed by atoms with Crippen molar-refractivity contribution in [2.24, 2.45) is 7.05 Å². The van der Waals surface area contributed by atoms with Crippen LogP contribution in [0.5, 0.6) is 5.75 Å². The summed E-state index contributed by atoms with van der Waals surface area (Å²) in [5.41, 5.74) is 1.87. The number of amides is 1. The molecule has 8 nitrogen and oxygen atoms in total. The summed E-state index contributed by atoms with van der Waals surface area (Å²) in [4.78, 5) is 14.7. The summed E-state index contributed by atoms with van der Waals surface area (Å²) in [6.07, 6.45) is 0. The van der Waals surface area contributed by atoms with Crippen LogP contribution in [-0.4, -0.2) is 62.4 Å². The molecule has 0 aliphatic carbocycles. The summed E-state index contributed by atoms with van der Waals surface area (Å²) in [6, 6.07) is 4.93. The number of carbonyl (C=O) groups excluding carboxylic acids is 1. The monoisotopic (exact) mass is 377 g/mol. The van der Waals surface area contributed by atoms with E-state index in [-0.39, 0.29) is 22.2 Å². The fraction of sp³-hybridized carbons (Fsp3) is 0.412. The number of nitrogens with zero attached hydrogens (tertiary/aromatic N) is 3. The van der Waals surface area contributed by atoms with E-state index in [2.05, 4.69) is 5.10 Å². The third-order valence-electron chi connectivity index (χ3n) is 4.76. The Bertz CT molecular complexity index is 990. The van der Waals surface area contributed by atoms with Gasteiger partial charge in [0.25, 0.3) is 5.91 Å². The van der Waals surface area contributed by atoms with Gasteiger partial charge < -0.3 is 14.4 Å². The Morgan fingerprint density at radius 1 is 1.27 bits per heavy atom. The molecule has 0 spiro atoms. The second-order valence-electron chi connectivity index (χ2n) is 6.33. The number of benzene rings is 1. The minimum Gasteiger partial charge on any atom is -0.497 e. The third kappa shape index (κ3) is 2.58. The molecular formula is C17H19N3O5S. The number of hydrogen-bond donors (Lipinski definition) is 0. The lowest BCUT2D eigenvalue weighted by Crippen LogP contribution is -2.41. The van der Waals surface area contributed by atoms with Gasteiger partial charge in [0.15, 0.2) is 15.5 Å². The molecule has 2 aromatic rings. The van der Waals surface area contributed by atoms with Gasteiger partial charge in [-0.3, -0.25) is 9.48 Å². The van der Waals surface area contributed by atoms with Crippen molar-refractivity contribution in [3.8, 4) is 17.0 Å². The van der Waals surface area contributed by atoms with E-state index in [0.717, 1.165) is 0 Å². The Morgan fingerprint density at radius 3 is 2.69 bits per heavy atom. The van der Waals surface area contributed by atoms with E-state index < -0.39 is 9.84 Å². The van der Waals surface area contributed by atoms with Crippen molar-refractivity contribution in [1.82, 2.24) is 14.7 Å². The summed E-state index contributed by atoms with van der Waals surface area (Å²) >= 11 is 0. The Hall–Kier alpha value is -2.39. The molecule has 138 valence electrons. The number of aromatic nitrogens is 2. The lowest BCUT2D eigenvalue weighted by atomic mass is 10.0. The quantitative estimate of drug-likeness (QED) is 0.771. The summed E-state index contributed by atoms with van der Waals surface area (Å²) in [5, 5.41) is 4.36. The van der Waals surface area contributed by atoms with Gasteiger partial charge in [-0.2, -0.15) is 5.10 Å². The Morgan fingerprint density at radius 2 is 2.00 bits per heavy atom. The zero-order chi connectivity index (χ0) is 18.5. The average Bonchev–Trinajstić information content (AvgIpc) is 2.97. The SMILES string of the molecule is COc1ccc2c(c1)S(=O)(=O)Cc1c(C(=O)N3CCOCC3)nn(C)c1-2. The second kappa shape index (κ2) is 6.10. The van der Waals surface area contributed by atoms with Crippen molar-refractivity contribution >= 4 is 15.7 Å². The molecule has 1 aromatic heterocycles. The van der Waals surface area contributed by atoms with E-state index >= 15 is 0 Å². The molecule has 0 radical (unpaired) electrons. The molecular weight excluding hydrogens is 358 g/mol. The largest absolute Gasteiger partial charge is 0.497 e. The predicted octanol–water partition coefficient (Wildman–Crippen LogP) is 0.855. The second-order valence-corrected chi connectivity index (χ2v) is 8.28. The molecule has 0 N–H and O–H groups in total. The van der Waals surface area contributed by atoms with Crippen LogP contribution in [0.3, 0.4) is 0 Å². The van der Waals surface area contributed by atoms with Crippen LogP contribution in [-0.2, 0) is 27.4 Å². The molecule has 0 unspecified atom stereocenters. The molecule has 0 saturated carbocycles. The van der Waals surface area contributed by atoms with E-state index in [9.17, 15) is 13.2 Å². The normalized spacial score (nSPS) is 18.2. The molecule has 2 aliphatic rings. The molecule has 1 amide bonds. The maximum atomic E-state index is 12.9. The number of fused-ring (bicyclic) bond motifs is 3. The topological polar surface area (TPSA) is 90.7 Å². The van der Waals surface area contributed by atoms with Crippen molar-refractivity contribution in [3.63, 3.8) is 0 Å². The number of rotatable bonds is 2. The van der Waals surface area contributed by atoms with E-state index in [1.54, 1.807) is 28.8 Å². The lowest BCUT2D eigenvalue weighted by molar-refractivity contribution is 0.0298. The number of ether oxygens (including phenoxy) is 2. The van der Waals surface area contributed by atoms with Crippen molar-refractivity contribution in [2.45, 2.75) is 10.6 Å². The smallest absolute Gasteiger partial charge is 0.274 e. The molecule has 3 heterocycles. The van der Waals surface area contributed by atoms with Gasteiger partial charge in [0, 0.05) is 31.3 Å². The van der Waals surface area contributed by atoms with E-state index in [1.165, 1.54) is 13.2 Å². The zero-order valence-electron chi connectivity index (χ0n) is 14.6. The van der Waals surface area contributed by atoms with Gasteiger partial charge in [-0.05, 0) is 18.2 Å². The van der Waals surface area contributed by atoms with Crippen LogP contribution < -0.4 is 4.74 Å². The van der Waals surface area contributed by atoms with Crippen LogP contribution >= 0.6 is 0 Å². The van der Waals surface area contributed by atoms with Crippen LogP contribution in [0.2, 0.25) is 0 Å². The number of hydrogen-bond acceptors (Lipinski definition) is 6. The van der Waals surface area contributed by atoms with Crippen LogP contribution in [0.1, 0.15) is 16.1 Å². The maximum absolute atomic E-state index is 12.9. The molecule has 4 rings (SSSR count). The minimum atomic E-state index is -3.59. The fourth-order valence-corrected chi connectivity index (χ4v) is 5.08. The van der Waals surface area contributed by atoms with Gasteiger partial charge in [0.2, 0.25) is 0 Å². The Kier molecular flexibility index (Phi) is 4.00. The predicted molar refractivity (Wildman–Crippen MR) is 92.8 cm³/mol. The van der Waals surface area contributed by atoms with Crippen molar-refractivity contribution < 1.29 is 22.7 Å². The first-order chi connectivity index (χ1) is 12.4. The maximum Gasteiger partial charge on any atom is 0.274 e. The van der Waals surface area contributed by atoms with E-state index in [4.69, 9.17) is 9.47 Å². The fourth-order valence-electron chi connectivity index (χ4n) is 3.48. The van der Waals surface area contributed by atoms with E-state index in [1.807, 2.05) is 0 Å². The van der Waals surface area contributed by atoms with Crippen LogP contribution in [0.4, 0.5) is 0 Å². The summed E-state index contributed by atoms with van der Waals surface area (Å²) in [5.74, 6) is -0.0262. The number of morpholine rings is 1. The lowest BCUT2D eigenvalue weighted by Gasteiger charge is -2.26. The average molecular weight is 377 g/mol.